The quantitative estimate of drug-likeness (QED) is 0.139. The Morgan fingerprint density at radius 1 is 0.310 bits per heavy atom. The topological polar surface area (TPSA) is 0 Å². The predicted molar refractivity (Wildman–Crippen MR) is 136 cm³/mol. The third-order valence-electron chi connectivity index (χ3n) is 6.98. The Hall–Kier alpha value is 0. The normalized spacial score (nSPS) is 13.7. The van der Waals surface area contributed by atoms with Crippen LogP contribution in [0.15, 0.2) is 0 Å². The maximum absolute atomic E-state index is 2.49. The minimum absolute atomic E-state index is 0.960. The van der Waals surface area contributed by atoms with Crippen molar-refractivity contribution in [1.29, 1.82) is 0 Å². The average molecular weight is 409 g/mol. The van der Waals surface area contributed by atoms with Crippen LogP contribution in [0, 0.1) is 11.8 Å². The van der Waals surface area contributed by atoms with Crippen molar-refractivity contribution in [3.8, 4) is 0 Å². The molecule has 0 spiro atoms. The summed E-state index contributed by atoms with van der Waals surface area (Å²) < 4.78 is 0. The molecule has 0 N–H and O–H groups in total. The van der Waals surface area contributed by atoms with Gasteiger partial charge in [-0.15, -0.1) is 0 Å². The number of hydrogen-bond acceptors (Lipinski definition) is 0. The lowest BCUT2D eigenvalue weighted by Crippen LogP contribution is -1.95. The fourth-order valence-electron chi connectivity index (χ4n) is 4.81. The van der Waals surface area contributed by atoms with Crippen LogP contribution in [0.3, 0.4) is 0 Å². The molecule has 0 amide bonds. The van der Waals surface area contributed by atoms with E-state index in [1.54, 1.807) is 0 Å². The van der Waals surface area contributed by atoms with Gasteiger partial charge in [0.2, 0.25) is 0 Å². The van der Waals surface area contributed by atoms with Gasteiger partial charge in [0.25, 0.3) is 0 Å². The maximum atomic E-state index is 2.49. The molecule has 0 aliphatic carbocycles. The average Bonchev–Trinajstić information content (AvgIpc) is 2.71. The Balaban J connectivity index is 3.18. The molecule has 2 atom stereocenters. The van der Waals surface area contributed by atoms with E-state index in [1.807, 2.05) is 0 Å². The highest BCUT2D eigenvalue weighted by Crippen LogP contribution is 2.20. The first kappa shape index (κ1) is 29.0. The molecular weight excluding hydrogens is 348 g/mol. The van der Waals surface area contributed by atoms with Gasteiger partial charge in [-0.2, -0.15) is 0 Å². The zero-order valence-electron chi connectivity index (χ0n) is 21.4. The molecular formula is C29H60. The van der Waals surface area contributed by atoms with Crippen LogP contribution < -0.4 is 0 Å². The van der Waals surface area contributed by atoms with Gasteiger partial charge >= 0.3 is 0 Å². The number of hydrogen-bond donors (Lipinski definition) is 0. The molecule has 0 aliphatic rings. The highest BCUT2D eigenvalue weighted by atomic mass is 14.1. The molecule has 0 aromatic carbocycles. The Morgan fingerprint density at radius 3 is 0.897 bits per heavy atom. The van der Waals surface area contributed by atoms with E-state index in [0.717, 1.165) is 11.8 Å². The summed E-state index contributed by atoms with van der Waals surface area (Å²) in [6, 6.07) is 0. The van der Waals surface area contributed by atoms with Crippen molar-refractivity contribution in [2.45, 2.75) is 175 Å². The van der Waals surface area contributed by atoms with E-state index in [9.17, 15) is 0 Å². The molecule has 0 saturated heterocycles. The third kappa shape index (κ3) is 24.1. The van der Waals surface area contributed by atoms with Crippen molar-refractivity contribution in [1.82, 2.24) is 0 Å². The van der Waals surface area contributed by atoms with Gasteiger partial charge in [-0.25, -0.2) is 0 Å². The van der Waals surface area contributed by atoms with Crippen LogP contribution >= 0.6 is 0 Å². The fraction of sp³-hybridized carbons (Fsp3) is 1.00. The molecule has 0 fully saturated rings. The maximum Gasteiger partial charge on any atom is -0.0443 e. The first-order valence-corrected chi connectivity index (χ1v) is 14.2. The van der Waals surface area contributed by atoms with Crippen molar-refractivity contribution in [2.75, 3.05) is 0 Å². The summed E-state index contributed by atoms with van der Waals surface area (Å²) >= 11 is 0. The first-order valence-electron chi connectivity index (χ1n) is 14.2. The largest absolute Gasteiger partial charge is 0.0654 e. The van der Waals surface area contributed by atoms with Crippen molar-refractivity contribution in [3.05, 3.63) is 0 Å². The molecule has 2 unspecified atom stereocenters. The van der Waals surface area contributed by atoms with Crippen LogP contribution in [0.1, 0.15) is 175 Å². The van der Waals surface area contributed by atoms with Crippen LogP contribution in [0.25, 0.3) is 0 Å². The van der Waals surface area contributed by atoms with E-state index in [2.05, 4.69) is 27.7 Å². The predicted octanol–water partition coefficient (Wildman–Crippen LogP) is 11.3. The van der Waals surface area contributed by atoms with Crippen molar-refractivity contribution >= 4 is 0 Å². The molecule has 0 aromatic rings. The summed E-state index contributed by atoms with van der Waals surface area (Å²) in [5.41, 5.74) is 0. The lowest BCUT2D eigenvalue weighted by atomic mass is 9.95. The lowest BCUT2D eigenvalue weighted by molar-refractivity contribution is 0.427. The van der Waals surface area contributed by atoms with E-state index in [4.69, 9.17) is 0 Å². The standard InChI is InChI=1S/C29H60/c1-5-7-8-9-10-11-12-15-19-22-26-29(4)27-23-20-17-14-13-16-18-21-25-28(3)24-6-2/h28-29H,5-27H2,1-4H3. The molecule has 0 nitrogen and oxygen atoms in total. The minimum Gasteiger partial charge on any atom is -0.0654 e. The van der Waals surface area contributed by atoms with Gasteiger partial charge in [-0.05, 0) is 11.8 Å². The monoisotopic (exact) mass is 408 g/mol. The molecule has 0 bridgehead atoms. The molecule has 0 aromatic heterocycles. The summed E-state index contributed by atoms with van der Waals surface area (Å²) in [4.78, 5) is 0. The van der Waals surface area contributed by atoms with Crippen molar-refractivity contribution in [2.24, 2.45) is 11.8 Å². The van der Waals surface area contributed by atoms with E-state index < -0.39 is 0 Å². The van der Waals surface area contributed by atoms with Gasteiger partial charge in [-0.3, -0.25) is 0 Å². The molecule has 29 heavy (non-hydrogen) atoms. The van der Waals surface area contributed by atoms with Crippen LogP contribution in [0.4, 0.5) is 0 Å². The lowest BCUT2D eigenvalue weighted by Gasteiger charge is -2.11. The third-order valence-corrected chi connectivity index (χ3v) is 6.98. The van der Waals surface area contributed by atoms with E-state index >= 15 is 0 Å². The van der Waals surface area contributed by atoms with Crippen molar-refractivity contribution in [3.63, 3.8) is 0 Å². The SMILES string of the molecule is CCCCCCCCCCCCC(C)CCCCCCCCCCC(C)CCC. The van der Waals surface area contributed by atoms with Gasteiger partial charge in [0.1, 0.15) is 0 Å². The summed E-state index contributed by atoms with van der Waals surface area (Å²) in [7, 11) is 0. The first-order chi connectivity index (χ1) is 14.2. The Morgan fingerprint density at radius 2 is 0.586 bits per heavy atom. The summed E-state index contributed by atoms with van der Waals surface area (Å²) in [5.74, 6) is 1.93. The van der Waals surface area contributed by atoms with Crippen LogP contribution in [0.5, 0.6) is 0 Å². The Labute approximate surface area is 187 Å². The van der Waals surface area contributed by atoms with Gasteiger partial charge in [-0.1, -0.05) is 175 Å². The van der Waals surface area contributed by atoms with Crippen LogP contribution in [-0.4, -0.2) is 0 Å². The van der Waals surface area contributed by atoms with Gasteiger partial charge < -0.3 is 0 Å². The molecule has 0 saturated carbocycles. The second kappa shape index (κ2) is 24.3. The zero-order chi connectivity index (χ0) is 21.4. The highest BCUT2D eigenvalue weighted by Gasteiger charge is 2.03. The van der Waals surface area contributed by atoms with E-state index in [1.165, 1.54) is 148 Å². The smallest absolute Gasteiger partial charge is 0.0443 e. The number of unbranched alkanes of at least 4 members (excludes halogenated alkanes) is 16. The molecule has 0 aliphatic heterocycles. The minimum atomic E-state index is 0.960. The van der Waals surface area contributed by atoms with Crippen LogP contribution in [0.2, 0.25) is 0 Å². The van der Waals surface area contributed by atoms with Crippen LogP contribution in [-0.2, 0) is 0 Å². The van der Waals surface area contributed by atoms with Gasteiger partial charge in [0.05, 0.1) is 0 Å². The second-order valence-electron chi connectivity index (χ2n) is 10.4. The van der Waals surface area contributed by atoms with Crippen molar-refractivity contribution < 1.29 is 0 Å². The zero-order valence-corrected chi connectivity index (χ0v) is 21.4. The number of rotatable bonds is 24. The Bertz CT molecular complexity index is 282. The Kier molecular flexibility index (Phi) is 24.3. The van der Waals surface area contributed by atoms with E-state index in [-0.39, 0.29) is 0 Å². The molecule has 0 radical (unpaired) electrons. The van der Waals surface area contributed by atoms with Gasteiger partial charge in [0.15, 0.2) is 0 Å². The highest BCUT2D eigenvalue weighted by molar-refractivity contribution is 4.57. The molecule has 0 heteroatoms. The molecule has 0 rings (SSSR count). The van der Waals surface area contributed by atoms with Gasteiger partial charge in [0, 0.05) is 0 Å². The second-order valence-corrected chi connectivity index (χ2v) is 10.4. The van der Waals surface area contributed by atoms with E-state index in [0.29, 0.717) is 0 Å². The summed E-state index contributed by atoms with van der Waals surface area (Å²) in [5, 5.41) is 0. The summed E-state index contributed by atoms with van der Waals surface area (Å²) in [6.07, 6.45) is 33.7. The summed E-state index contributed by atoms with van der Waals surface area (Å²) in [6.45, 7) is 9.54. The fourth-order valence-corrected chi connectivity index (χ4v) is 4.81. The molecule has 176 valence electrons. The molecule has 0 heterocycles.